The van der Waals surface area contributed by atoms with Crippen LogP contribution in [0.4, 0.5) is 32.0 Å². The highest BCUT2D eigenvalue weighted by Gasteiger charge is 2.36. The van der Waals surface area contributed by atoms with Gasteiger partial charge in [-0.3, -0.25) is 0 Å². The molecule has 0 radical (unpaired) electrons. The summed E-state index contributed by atoms with van der Waals surface area (Å²) in [7, 11) is 0. The molecular formula is C18H20F6N2O2. The van der Waals surface area contributed by atoms with Crippen molar-refractivity contribution >= 4 is 11.7 Å². The van der Waals surface area contributed by atoms with Crippen LogP contribution in [0.5, 0.6) is 0 Å². The SMILES string of the molecule is C[C@@H](C(=O)OC(C)(C)C)N(CCC(F)(F)F)c1ccc(C#N)c(C(F)(F)F)c1. The number of hydrogen-bond acceptors (Lipinski definition) is 4. The average Bonchev–Trinajstić information content (AvgIpc) is 2.51. The summed E-state index contributed by atoms with van der Waals surface area (Å²) < 4.78 is 82.8. The zero-order valence-electron chi connectivity index (χ0n) is 15.7. The maximum Gasteiger partial charge on any atom is 0.417 e. The summed E-state index contributed by atoms with van der Waals surface area (Å²) >= 11 is 0. The normalized spacial score (nSPS) is 13.6. The summed E-state index contributed by atoms with van der Waals surface area (Å²) in [5, 5.41) is 8.86. The highest BCUT2D eigenvalue weighted by atomic mass is 19.4. The van der Waals surface area contributed by atoms with Crippen LogP contribution < -0.4 is 4.90 Å². The second-order valence-electron chi connectivity index (χ2n) is 7.11. The lowest BCUT2D eigenvalue weighted by Crippen LogP contribution is -2.44. The zero-order valence-corrected chi connectivity index (χ0v) is 15.7. The van der Waals surface area contributed by atoms with Gasteiger partial charge < -0.3 is 9.64 Å². The smallest absolute Gasteiger partial charge is 0.417 e. The van der Waals surface area contributed by atoms with Crippen molar-refractivity contribution in [2.75, 3.05) is 11.4 Å². The van der Waals surface area contributed by atoms with E-state index in [1.54, 1.807) is 20.8 Å². The predicted molar refractivity (Wildman–Crippen MR) is 89.5 cm³/mol. The number of hydrogen-bond donors (Lipinski definition) is 0. The lowest BCUT2D eigenvalue weighted by atomic mass is 10.1. The third-order valence-corrected chi connectivity index (χ3v) is 3.61. The number of carbonyl (C=O) groups is 1. The van der Waals surface area contributed by atoms with Crippen molar-refractivity contribution in [3.8, 4) is 6.07 Å². The molecular weight excluding hydrogens is 390 g/mol. The van der Waals surface area contributed by atoms with Crippen LogP contribution in [0, 0.1) is 11.3 Å². The number of ether oxygens (including phenoxy) is 1. The molecule has 0 saturated heterocycles. The van der Waals surface area contributed by atoms with Crippen LogP contribution in [0.1, 0.15) is 45.2 Å². The largest absolute Gasteiger partial charge is 0.458 e. The Morgan fingerprint density at radius 3 is 2.18 bits per heavy atom. The fourth-order valence-electron chi connectivity index (χ4n) is 2.35. The molecule has 0 spiro atoms. The number of carbonyl (C=O) groups excluding carboxylic acids is 1. The molecule has 0 heterocycles. The molecule has 0 amide bonds. The fourth-order valence-corrected chi connectivity index (χ4v) is 2.35. The van der Waals surface area contributed by atoms with Crippen LogP contribution in [0.15, 0.2) is 18.2 Å². The average molecular weight is 410 g/mol. The van der Waals surface area contributed by atoms with E-state index in [4.69, 9.17) is 10.00 Å². The monoisotopic (exact) mass is 410 g/mol. The highest BCUT2D eigenvalue weighted by molar-refractivity contribution is 5.80. The molecule has 4 nitrogen and oxygen atoms in total. The van der Waals surface area contributed by atoms with Crippen molar-refractivity contribution < 1.29 is 35.9 Å². The molecule has 28 heavy (non-hydrogen) atoms. The highest BCUT2D eigenvalue weighted by Crippen LogP contribution is 2.35. The maximum absolute atomic E-state index is 13.2. The summed E-state index contributed by atoms with van der Waals surface area (Å²) in [4.78, 5) is 13.2. The Balaban J connectivity index is 3.36. The van der Waals surface area contributed by atoms with Gasteiger partial charge in [-0.05, 0) is 45.9 Å². The van der Waals surface area contributed by atoms with Crippen LogP contribution in [0.3, 0.4) is 0 Å². The van der Waals surface area contributed by atoms with Gasteiger partial charge in [-0.2, -0.15) is 31.6 Å². The van der Waals surface area contributed by atoms with Crippen LogP contribution in [0.2, 0.25) is 0 Å². The van der Waals surface area contributed by atoms with E-state index in [-0.39, 0.29) is 5.69 Å². The molecule has 0 saturated carbocycles. The number of alkyl halides is 6. The van der Waals surface area contributed by atoms with Gasteiger partial charge in [-0.15, -0.1) is 0 Å². The molecule has 0 bridgehead atoms. The molecule has 0 fully saturated rings. The van der Waals surface area contributed by atoms with Gasteiger partial charge in [-0.25, -0.2) is 4.79 Å². The van der Waals surface area contributed by atoms with E-state index in [9.17, 15) is 31.1 Å². The van der Waals surface area contributed by atoms with E-state index in [0.717, 1.165) is 17.0 Å². The minimum absolute atomic E-state index is 0.270. The van der Waals surface area contributed by atoms with Crippen molar-refractivity contribution in [3.05, 3.63) is 29.3 Å². The van der Waals surface area contributed by atoms with E-state index < -0.39 is 54.1 Å². The minimum atomic E-state index is -4.88. The summed E-state index contributed by atoms with van der Waals surface area (Å²) in [5.74, 6) is -0.882. The summed E-state index contributed by atoms with van der Waals surface area (Å²) in [6, 6.07) is 2.62. The quantitative estimate of drug-likeness (QED) is 0.503. The lowest BCUT2D eigenvalue weighted by Gasteiger charge is -2.33. The van der Waals surface area contributed by atoms with E-state index in [1.165, 1.54) is 13.0 Å². The number of anilines is 1. The van der Waals surface area contributed by atoms with Crippen molar-refractivity contribution in [2.45, 2.75) is 58.1 Å². The van der Waals surface area contributed by atoms with Crippen molar-refractivity contribution in [1.82, 2.24) is 0 Å². The molecule has 0 aliphatic heterocycles. The predicted octanol–water partition coefficient (Wildman–Crippen LogP) is 5.07. The molecule has 0 aliphatic rings. The van der Waals surface area contributed by atoms with Gasteiger partial charge in [0.2, 0.25) is 0 Å². The number of nitriles is 1. The molecule has 0 unspecified atom stereocenters. The third-order valence-electron chi connectivity index (χ3n) is 3.61. The molecule has 0 aromatic heterocycles. The topological polar surface area (TPSA) is 53.3 Å². The Hall–Kier alpha value is -2.44. The van der Waals surface area contributed by atoms with Crippen LogP contribution in [0.25, 0.3) is 0 Å². The number of esters is 1. The summed E-state index contributed by atoms with van der Waals surface area (Å²) in [6.07, 6.45) is -10.8. The van der Waals surface area contributed by atoms with Crippen LogP contribution in [-0.4, -0.2) is 30.3 Å². The van der Waals surface area contributed by atoms with Gasteiger partial charge in [0.25, 0.3) is 0 Å². The third kappa shape index (κ3) is 6.94. The molecule has 0 N–H and O–H groups in total. The van der Waals surface area contributed by atoms with Gasteiger partial charge in [0.05, 0.1) is 23.6 Å². The van der Waals surface area contributed by atoms with E-state index in [1.807, 2.05) is 0 Å². The second kappa shape index (κ2) is 8.29. The number of rotatable bonds is 5. The first kappa shape index (κ1) is 23.6. The van der Waals surface area contributed by atoms with Crippen molar-refractivity contribution in [2.24, 2.45) is 0 Å². The van der Waals surface area contributed by atoms with Gasteiger partial charge in [-0.1, -0.05) is 0 Å². The molecule has 10 heteroatoms. The fraction of sp³-hybridized carbons (Fsp3) is 0.556. The molecule has 1 aromatic rings. The molecule has 156 valence electrons. The Labute approximate surface area is 158 Å². The Morgan fingerprint density at radius 2 is 1.75 bits per heavy atom. The van der Waals surface area contributed by atoms with Gasteiger partial charge >= 0.3 is 18.3 Å². The van der Waals surface area contributed by atoms with Gasteiger partial charge in [0.1, 0.15) is 11.6 Å². The Kier molecular flexibility index (Phi) is 6.98. The number of nitrogens with zero attached hydrogens (tertiary/aromatic N) is 2. The maximum atomic E-state index is 13.2. The van der Waals surface area contributed by atoms with Crippen LogP contribution in [-0.2, 0) is 15.7 Å². The number of halogens is 6. The van der Waals surface area contributed by atoms with E-state index in [0.29, 0.717) is 6.07 Å². The van der Waals surface area contributed by atoms with E-state index in [2.05, 4.69) is 0 Å². The minimum Gasteiger partial charge on any atom is -0.458 e. The Bertz CT molecular complexity index is 744. The first-order valence-electron chi connectivity index (χ1n) is 8.23. The molecule has 0 aliphatic carbocycles. The lowest BCUT2D eigenvalue weighted by molar-refractivity contribution is -0.156. The molecule has 1 atom stereocenters. The van der Waals surface area contributed by atoms with E-state index >= 15 is 0 Å². The Morgan fingerprint density at radius 1 is 1.18 bits per heavy atom. The first-order chi connectivity index (χ1) is 12.5. The molecule has 1 aromatic carbocycles. The van der Waals surface area contributed by atoms with Crippen molar-refractivity contribution in [3.63, 3.8) is 0 Å². The number of benzene rings is 1. The van der Waals surface area contributed by atoms with Gasteiger partial charge in [0.15, 0.2) is 0 Å². The van der Waals surface area contributed by atoms with Gasteiger partial charge in [0, 0.05) is 12.2 Å². The first-order valence-corrected chi connectivity index (χ1v) is 8.23. The van der Waals surface area contributed by atoms with Crippen molar-refractivity contribution in [1.29, 1.82) is 5.26 Å². The second-order valence-corrected chi connectivity index (χ2v) is 7.11. The zero-order chi connectivity index (χ0) is 21.9. The summed E-state index contributed by atoms with van der Waals surface area (Å²) in [5.41, 5.74) is -3.16. The summed E-state index contributed by atoms with van der Waals surface area (Å²) in [6.45, 7) is 5.16. The standard InChI is InChI=1S/C18H20F6N2O2/c1-11(15(27)28-16(2,3)4)26(8-7-17(19,20)21)13-6-5-12(10-25)14(9-13)18(22,23)24/h5-6,9,11H,7-8H2,1-4H3/t11-/m0/s1. The molecule has 1 rings (SSSR count). The van der Waals surface area contributed by atoms with Crippen LogP contribution >= 0.6 is 0 Å².